The predicted molar refractivity (Wildman–Crippen MR) is 74.3 cm³/mol. The fourth-order valence-corrected chi connectivity index (χ4v) is 2.54. The van der Waals surface area contributed by atoms with Crippen molar-refractivity contribution in [3.8, 4) is 0 Å². The second-order valence-electron chi connectivity index (χ2n) is 5.86. The van der Waals surface area contributed by atoms with Crippen LogP contribution in [0.5, 0.6) is 0 Å². The Kier molecular flexibility index (Phi) is 8.72. The summed E-state index contributed by atoms with van der Waals surface area (Å²) in [7, 11) is 0. The molecule has 2 nitrogen and oxygen atoms in total. The third kappa shape index (κ3) is 8.62. The minimum absolute atomic E-state index is 0.808. The number of hydrogen-bond donors (Lipinski definition) is 1. The molecule has 0 aromatic rings. The van der Waals surface area contributed by atoms with Gasteiger partial charge in [-0.1, -0.05) is 33.1 Å². The van der Waals surface area contributed by atoms with E-state index in [2.05, 4.69) is 19.2 Å². The Bertz CT molecular complexity index is 164. The molecule has 0 aromatic heterocycles. The van der Waals surface area contributed by atoms with Gasteiger partial charge in [0.2, 0.25) is 0 Å². The van der Waals surface area contributed by atoms with E-state index in [4.69, 9.17) is 4.74 Å². The molecule has 0 heterocycles. The zero-order valence-electron chi connectivity index (χ0n) is 11.8. The molecule has 0 saturated heterocycles. The van der Waals surface area contributed by atoms with Crippen molar-refractivity contribution in [1.82, 2.24) is 5.32 Å². The van der Waals surface area contributed by atoms with Crippen LogP contribution in [-0.4, -0.2) is 26.3 Å². The zero-order chi connectivity index (χ0) is 12.3. The lowest BCUT2D eigenvalue weighted by Gasteiger charge is -2.21. The lowest BCUT2D eigenvalue weighted by molar-refractivity contribution is 0.128. The quantitative estimate of drug-likeness (QED) is 0.623. The smallest absolute Gasteiger partial charge is 0.0590 e. The van der Waals surface area contributed by atoms with Crippen molar-refractivity contribution in [2.24, 2.45) is 11.8 Å². The van der Waals surface area contributed by atoms with Gasteiger partial charge in [0.05, 0.1) is 6.61 Å². The van der Waals surface area contributed by atoms with Gasteiger partial charge in [0.25, 0.3) is 0 Å². The molecule has 1 N–H and O–H groups in total. The summed E-state index contributed by atoms with van der Waals surface area (Å²) in [5.74, 6) is 1.74. The SMILES string of the molecule is CC(C)CCCOCCNCC1CCCCC1. The predicted octanol–water partition coefficient (Wildman–Crippen LogP) is 3.61. The summed E-state index contributed by atoms with van der Waals surface area (Å²) in [6.07, 6.45) is 9.70. The molecule has 0 spiro atoms. The maximum atomic E-state index is 5.61. The monoisotopic (exact) mass is 241 g/mol. The molecule has 0 radical (unpaired) electrons. The zero-order valence-corrected chi connectivity index (χ0v) is 11.8. The van der Waals surface area contributed by atoms with Crippen LogP contribution in [0.2, 0.25) is 0 Å². The van der Waals surface area contributed by atoms with Gasteiger partial charge in [0.15, 0.2) is 0 Å². The molecule has 0 aliphatic heterocycles. The topological polar surface area (TPSA) is 21.3 Å². The Labute approximate surface area is 108 Å². The van der Waals surface area contributed by atoms with Gasteiger partial charge in [-0.3, -0.25) is 0 Å². The van der Waals surface area contributed by atoms with E-state index in [0.29, 0.717) is 0 Å². The highest BCUT2D eigenvalue weighted by molar-refractivity contribution is 4.67. The second kappa shape index (κ2) is 9.90. The van der Waals surface area contributed by atoms with Crippen molar-refractivity contribution >= 4 is 0 Å². The highest BCUT2D eigenvalue weighted by Gasteiger charge is 2.12. The van der Waals surface area contributed by atoms with Gasteiger partial charge in [-0.2, -0.15) is 0 Å². The fourth-order valence-electron chi connectivity index (χ4n) is 2.54. The van der Waals surface area contributed by atoms with Crippen molar-refractivity contribution in [3.05, 3.63) is 0 Å². The van der Waals surface area contributed by atoms with E-state index < -0.39 is 0 Å². The number of nitrogens with one attached hydrogen (secondary N) is 1. The summed E-state index contributed by atoms with van der Waals surface area (Å²) >= 11 is 0. The number of ether oxygens (including phenoxy) is 1. The van der Waals surface area contributed by atoms with Gasteiger partial charge in [0, 0.05) is 13.2 Å². The van der Waals surface area contributed by atoms with Gasteiger partial charge in [-0.05, 0) is 44.1 Å². The minimum atomic E-state index is 0.808. The lowest BCUT2D eigenvalue weighted by atomic mass is 9.89. The van der Waals surface area contributed by atoms with Crippen LogP contribution in [0.1, 0.15) is 58.8 Å². The van der Waals surface area contributed by atoms with Crippen LogP contribution in [0, 0.1) is 11.8 Å². The summed E-state index contributed by atoms with van der Waals surface area (Å²) < 4.78 is 5.61. The van der Waals surface area contributed by atoms with Crippen LogP contribution >= 0.6 is 0 Å². The summed E-state index contributed by atoms with van der Waals surface area (Å²) in [6, 6.07) is 0. The van der Waals surface area contributed by atoms with E-state index in [1.807, 2.05) is 0 Å². The Balaban J connectivity index is 1.78. The van der Waals surface area contributed by atoms with E-state index in [9.17, 15) is 0 Å². The first kappa shape index (κ1) is 15.0. The second-order valence-corrected chi connectivity index (χ2v) is 5.86. The van der Waals surface area contributed by atoms with Crippen LogP contribution in [0.3, 0.4) is 0 Å². The van der Waals surface area contributed by atoms with E-state index in [-0.39, 0.29) is 0 Å². The largest absolute Gasteiger partial charge is 0.380 e. The molecule has 102 valence electrons. The van der Waals surface area contributed by atoms with E-state index in [0.717, 1.165) is 31.6 Å². The Morgan fingerprint density at radius 3 is 2.59 bits per heavy atom. The van der Waals surface area contributed by atoms with E-state index >= 15 is 0 Å². The van der Waals surface area contributed by atoms with Gasteiger partial charge in [0.1, 0.15) is 0 Å². The first-order valence-electron chi connectivity index (χ1n) is 7.57. The van der Waals surface area contributed by atoms with Crippen LogP contribution in [-0.2, 0) is 4.74 Å². The first-order chi connectivity index (χ1) is 8.29. The summed E-state index contributed by atoms with van der Waals surface area (Å²) in [4.78, 5) is 0. The summed E-state index contributed by atoms with van der Waals surface area (Å²) in [5.41, 5.74) is 0. The van der Waals surface area contributed by atoms with Crippen molar-refractivity contribution in [1.29, 1.82) is 0 Å². The van der Waals surface area contributed by atoms with Gasteiger partial charge >= 0.3 is 0 Å². The van der Waals surface area contributed by atoms with Crippen LogP contribution < -0.4 is 5.32 Å². The molecule has 2 heteroatoms. The van der Waals surface area contributed by atoms with Crippen molar-refractivity contribution in [2.75, 3.05) is 26.3 Å². The molecule has 0 unspecified atom stereocenters. The van der Waals surface area contributed by atoms with Crippen LogP contribution in [0.15, 0.2) is 0 Å². The van der Waals surface area contributed by atoms with Crippen LogP contribution in [0.25, 0.3) is 0 Å². The Hall–Kier alpha value is -0.0800. The first-order valence-corrected chi connectivity index (χ1v) is 7.57. The van der Waals surface area contributed by atoms with E-state index in [1.54, 1.807) is 0 Å². The lowest BCUT2D eigenvalue weighted by Crippen LogP contribution is -2.27. The molecule has 17 heavy (non-hydrogen) atoms. The maximum Gasteiger partial charge on any atom is 0.0590 e. The summed E-state index contributed by atoms with van der Waals surface area (Å²) in [5, 5.41) is 3.53. The fraction of sp³-hybridized carbons (Fsp3) is 1.00. The molecule has 1 saturated carbocycles. The average molecular weight is 241 g/mol. The highest BCUT2D eigenvalue weighted by Crippen LogP contribution is 2.22. The molecule has 0 aromatic carbocycles. The standard InChI is InChI=1S/C15H31NO/c1-14(2)7-6-11-17-12-10-16-13-15-8-4-3-5-9-15/h14-16H,3-13H2,1-2H3. The normalized spacial score (nSPS) is 17.8. The maximum absolute atomic E-state index is 5.61. The van der Waals surface area contributed by atoms with Crippen LogP contribution in [0.4, 0.5) is 0 Å². The van der Waals surface area contributed by atoms with Crippen molar-refractivity contribution in [2.45, 2.75) is 58.8 Å². The highest BCUT2D eigenvalue weighted by atomic mass is 16.5. The molecule has 1 fully saturated rings. The summed E-state index contributed by atoms with van der Waals surface area (Å²) in [6.45, 7) is 8.58. The third-order valence-corrected chi connectivity index (χ3v) is 3.65. The molecular weight excluding hydrogens is 210 g/mol. The molecule has 1 aliphatic rings. The third-order valence-electron chi connectivity index (χ3n) is 3.65. The number of hydrogen-bond acceptors (Lipinski definition) is 2. The molecule has 1 aliphatic carbocycles. The molecule has 0 amide bonds. The van der Waals surface area contributed by atoms with E-state index in [1.165, 1.54) is 51.5 Å². The molecular formula is C15H31NO. The molecule has 0 bridgehead atoms. The average Bonchev–Trinajstić information content (AvgIpc) is 2.33. The van der Waals surface area contributed by atoms with Gasteiger partial charge < -0.3 is 10.1 Å². The number of rotatable bonds is 9. The minimum Gasteiger partial charge on any atom is -0.380 e. The van der Waals surface area contributed by atoms with Gasteiger partial charge in [-0.25, -0.2) is 0 Å². The molecule has 1 rings (SSSR count). The Morgan fingerprint density at radius 1 is 1.12 bits per heavy atom. The van der Waals surface area contributed by atoms with Gasteiger partial charge in [-0.15, -0.1) is 0 Å². The Morgan fingerprint density at radius 2 is 1.88 bits per heavy atom. The van der Waals surface area contributed by atoms with Crippen molar-refractivity contribution < 1.29 is 4.74 Å². The van der Waals surface area contributed by atoms with Crippen molar-refractivity contribution in [3.63, 3.8) is 0 Å². The molecule has 0 atom stereocenters.